The van der Waals surface area contributed by atoms with Crippen LogP contribution in [0.3, 0.4) is 0 Å². The number of aryl methyl sites for hydroxylation is 1. The van der Waals surface area contributed by atoms with Crippen molar-refractivity contribution in [3.05, 3.63) is 42.2 Å². The standard InChI is InChI=1S/C19H21N5O2.CH5N.2CH2O/c1-12-4-6-14(7-5-12)21-19-22-15-8-10-26-16(15)18(23-19)24-9-2-3-13(11-24)17(20)25;3*1-2/h4-8,10,13H,2-3,9,11H2,1H3,(H2,20,25)(H,21,22,23);2H2,1H3;2*1H2. The summed E-state index contributed by atoms with van der Waals surface area (Å²) in [6.45, 7) is 7.40. The van der Waals surface area contributed by atoms with E-state index in [0.29, 0.717) is 23.9 Å². The minimum atomic E-state index is -0.266. The maximum Gasteiger partial charge on any atom is 0.229 e. The highest BCUT2D eigenvalue weighted by atomic mass is 16.3. The van der Waals surface area contributed by atoms with E-state index in [1.807, 2.05) is 50.8 Å². The van der Waals surface area contributed by atoms with Gasteiger partial charge >= 0.3 is 0 Å². The minimum absolute atomic E-state index is 0.169. The van der Waals surface area contributed by atoms with E-state index in [1.54, 1.807) is 6.26 Å². The predicted molar refractivity (Wildman–Crippen MR) is 125 cm³/mol. The summed E-state index contributed by atoms with van der Waals surface area (Å²) in [5, 5.41) is 3.24. The average Bonchev–Trinajstić information content (AvgIpc) is 3.33. The number of primary amides is 1. The summed E-state index contributed by atoms with van der Waals surface area (Å²) in [7, 11) is 1.50. The number of nitrogens with zero attached hydrogens (tertiary/aromatic N) is 3. The van der Waals surface area contributed by atoms with Crippen LogP contribution in [0.1, 0.15) is 18.4 Å². The lowest BCUT2D eigenvalue weighted by Gasteiger charge is -2.32. The van der Waals surface area contributed by atoms with Crippen molar-refractivity contribution < 1.29 is 18.8 Å². The molecule has 4 rings (SSSR count). The summed E-state index contributed by atoms with van der Waals surface area (Å²) in [6.07, 6.45) is 3.31. The van der Waals surface area contributed by atoms with Crippen LogP contribution in [0.15, 0.2) is 41.0 Å². The molecule has 0 radical (unpaired) electrons. The van der Waals surface area contributed by atoms with Crippen LogP contribution in [0.25, 0.3) is 11.1 Å². The van der Waals surface area contributed by atoms with Gasteiger partial charge in [0.2, 0.25) is 11.9 Å². The van der Waals surface area contributed by atoms with Gasteiger partial charge in [-0.05, 0) is 38.9 Å². The van der Waals surface area contributed by atoms with Crippen LogP contribution in [0.5, 0.6) is 0 Å². The monoisotopic (exact) mass is 442 g/mol. The number of anilines is 3. The molecule has 0 aliphatic carbocycles. The zero-order valence-electron chi connectivity index (χ0n) is 18.4. The number of hydrogen-bond donors (Lipinski definition) is 3. The fraction of sp³-hybridized carbons (Fsp3) is 0.318. The molecule has 1 aliphatic heterocycles. The SMILES string of the molecule is C=O.C=O.CN.Cc1ccc(Nc2nc(N3CCCC(C(N)=O)C3)c3occc3n2)cc1. The quantitative estimate of drug-likeness (QED) is 0.550. The van der Waals surface area contributed by atoms with Gasteiger partial charge in [-0.1, -0.05) is 17.7 Å². The van der Waals surface area contributed by atoms with Gasteiger partial charge in [0.25, 0.3) is 0 Å². The van der Waals surface area contributed by atoms with Gasteiger partial charge in [0.05, 0.1) is 12.2 Å². The van der Waals surface area contributed by atoms with E-state index < -0.39 is 0 Å². The highest BCUT2D eigenvalue weighted by Gasteiger charge is 2.27. The Bertz CT molecular complexity index is 974. The van der Waals surface area contributed by atoms with Gasteiger partial charge < -0.3 is 35.7 Å². The molecule has 10 heteroatoms. The highest BCUT2D eigenvalue weighted by Crippen LogP contribution is 2.30. The maximum atomic E-state index is 11.6. The second kappa shape index (κ2) is 13.5. The number of amides is 1. The molecule has 172 valence electrons. The van der Waals surface area contributed by atoms with Gasteiger partial charge in [-0.3, -0.25) is 4.79 Å². The van der Waals surface area contributed by atoms with E-state index in [9.17, 15) is 4.79 Å². The molecule has 1 aliphatic rings. The number of rotatable bonds is 4. The average molecular weight is 443 g/mol. The third kappa shape index (κ3) is 6.61. The second-order valence-electron chi connectivity index (χ2n) is 6.68. The van der Waals surface area contributed by atoms with E-state index in [4.69, 9.17) is 19.7 Å². The third-order valence-corrected chi connectivity index (χ3v) is 4.72. The molecule has 1 unspecified atom stereocenters. The molecule has 1 aromatic carbocycles. The molecule has 0 saturated carbocycles. The molecule has 1 fully saturated rings. The number of piperidine rings is 1. The van der Waals surface area contributed by atoms with E-state index >= 15 is 0 Å². The first-order valence-electron chi connectivity index (χ1n) is 9.89. The molecule has 10 nitrogen and oxygen atoms in total. The van der Waals surface area contributed by atoms with Gasteiger partial charge in [0, 0.05) is 24.8 Å². The molecule has 2 aromatic heterocycles. The molecule has 5 N–H and O–H groups in total. The Morgan fingerprint density at radius 1 is 1.12 bits per heavy atom. The Hall–Kier alpha value is -3.79. The van der Waals surface area contributed by atoms with Crippen LogP contribution < -0.4 is 21.7 Å². The van der Waals surface area contributed by atoms with Crippen LogP contribution >= 0.6 is 0 Å². The summed E-state index contributed by atoms with van der Waals surface area (Å²) >= 11 is 0. The van der Waals surface area contributed by atoms with Crippen molar-refractivity contribution in [3.8, 4) is 0 Å². The Kier molecular flexibility index (Phi) is 11.1. The van der Waals surface area contributed by atoms with Crippen molar-refractivity contribution in [1.82, 2.24) is 9.97 Å². The number of benzene rings is 1. The summed E-state index contributed by atoms with van der Waals surface area (Å²) < 4.78 is 5.61. The van der Waals surface area contributed by atoms with E-state index in [0.717, 1.165) is 30.6 Å². The normalized spacial score (nSPS) is 14.6. The number of nitrogens with two attached hydrogens (primary N) is 2. The number of aromatic nitrogens is 2. The fourth-order valence-corrected chi connectivity index (χ4v) is 3.29. The lowest BCUT2D eigenvalue weighted by molar-refractivity contribution is -0.122. The first kappa shape index (κ1) is 26.2. The molecule has 3 heterocycles. The largest absolute Gasteiger partial charge is 0.459 e. The van der Waals surface area contributed by atoms with Crippen LogP contribution in [0, 0.1) is 12.8 Å². The van der Waals surface area contributed by atoms with Crippen LogP contribution in [-0.2, 0) is 14.4 Å². The Balaban J connectivity index is 0.000000789. The predicted octanol–water partition coefficient (Wildman–Crippen LogP) is 2.18. The summed E-state index contributed by atoms with van der Waals surface area (Å²) in [5.74, 6) is 0.759. The van der Waals surface area contributed by atoms with Gasteiger partial charge in [-0.25, -0.2) is 4.98 Å². The van der Waals surface area contributed by atoms with E-state index in [2.05, 4.69) is 25.9 Å². The summed E-state index contributed by atoms with van der Waals surface area (Å²) in [4.78, 5) is 38.9. The minimum Gasteiger partial charge on any atom is -0.459 e. The van der Waals surface area contributed by atoms with Gasteiger partial charge in [-0.15, -0.1) is 0 Å². The Morgan fingerprint density at radius 3 is 2.41 bits per heavy atom. The van der Waals surface area contributed by atoms with E-state index in [1.165, 1.54) is 12.6 Å². The second-order valence-corrected chi connectivity index (χ2v) is 6.68. The maximum absolute atomic E-state index is 11.6. The van der Waals surface area contributed by atoms with Crippen LogP contribution in [-0.4, -0.2) is 49.6 Å². The Morgan fingerprint density at radius 2 is 1.78 bits per heavy atom. The molecule has 0 bridgehead atoms. The van der Waals surface area contributed by atoms with Crippen molar-refractivity contribution in [3.63, 3.8) is 0 Å². The number of fused-ring (bicyclic) bond motifs is 1. The highest BCUT2D eigenvalue weighted by molar-refractivity contribution is 5.86. The van der Waals surface area contributed by atoms with Gasteiger partial charge in [0.1, 0.15) is 19.1 Å². The topological polar surface area (TPSA) is 157 Å². The zero-order chi connectivity index (χ0) is 24.1. The van der Waals surface area contributed by atoms with Gasteiger partial charge in [-0.2, -0.15) is 4.98 Å². The first-order valence-corrected chi connectivity index (χ1v) is 9.89. The number of furan rings is 1. The molecule has 3 aromatic rings. The summed E-state index contributed by atoms with van der Waals surface area (Å²) in [6, 6.07) is 9.85. The molecule has 1 saturated heterocycles. The fourth-order valence-electron chi connectivity index (χ4n) is 3.29. The van der Waals surface area contributed by atoms with Crippen LogP contribution in [0.2, 0.25) is 0 Å². The lowest BCUT2D eigenvalue weighted by Crippen LogP contribution is -2.41. The summed E-state index contributed by atoms with van der Waals surface area (Å²) in [5.41, 5.74) is 13.5. The van der Waals surface area contributed by atoms with Crippen molar-refractivity contribution >= 4 is 48.0 Å². The Labute approximate surface area is 187 Å². The smallest absolute Gasteiger partial charge is 0.229 e. The number of hydrogen-bond acceptors (Lipinski definition) is 9. The van der Waals surface area contributed by atoms with Crippen molar-refractivity contribution in [2.45, 2.75) is 19.8 Å². The number of carbonyl (C=O) groups is 3. The third-order valence-electron chi connectivity index (χ3n) is 4.72. The van der Waals surface area contributed by atoms with Gasteiger partial charge in [0.15, 0.2) is 11.4 Å². The molecule has 32 heavy (non-hydrogen) atoms. The number of carbonyl (C=O) groups excluding carboxylic acids is 3. The van der Waals surface area contributed by atoms with Crippen molar-refractivity contribution in [1.29, 1.82) is 0 Å². The van der Waals surface area contributed by atoms with Crippen LogP contribution in [0.4, 0.5) is 17.5 Å². The van der Waals surface area contributed by atoms with Crippen molar-refractivity contribution in [2.75, 3.05) is 30.4 Å². The zero-order valence-corrected chi connectivity index (χ0v) is 18.4. The molecular formula is C22H30N6O4. The van der Waals surface area contributed by atoms with E-state index in [-0.39, 0.29) is 11.8 Å². The first-order chi connectivity index (χ1) is 15.6. The van der Waals surface area contributed by atoms with Crippen molar-refractivity contribution in [2.24, 2.45) is 17.4 Å². The molecular weight excluding hydrogens is 412 g/mol. The number of nitrogens with one attached hydrogen (secondary N) is 1. The molecule has 1 amide bonds. The lowest BCUT2D eigenvalue weighted by atomic mass is 9.97. The molecule has 0 spiro atoms. The molecule has 1 atom stereocenters.